The lowest BCUT2D eigenvalue weighted by Crippen LogP contribution is -2.13. The van der Waals surface area contributed by atoms with Gasteiger partial charge >= 0.3 is 0 Å². The van der Waals surface area contributed by atoms with Crippen molar-refractivity contribution < 1.29 is 18.7 Å². The highest BCUT2D eigenvalue weighted by Gasteiger charge is 2.15. The van der Waals surface area contributed by atoms with E-state index in [0.29, 0.717) is 39.4 Å². The molecule has 0 atom stereocenters. The van der Waals surface area contributed by atoms with E-state index >= 15 is 0 Å². The van der Waals surface area contributed by atoms with Crippen LogP contribution in [-0.2, 0) is 11.4 Å². The second-order valence-corrected chi connectivity index (χ2v) is 8.87. The number of amides is 1. The number of nitriles is 1. The van der Waals surface area contributed by atoms with Crippen molar-refractivity contribution >= 4 is 56.2 Å². The Hall–Kier alpha value is -2.90. The molecule has 3 aromatic rings. The first-order chi connectivity index (χ1) is 15.9. The molecule has 0 saturated carbocycles. The minimum absolute atomic E-state index is 0.0163. The summed E-state index contributed by atoms with van der Waals surface area (Å²) in [6.07, 6.45) is 1.47. The highest BCUT2D eigenvalue weighted by Crippen LogP contribution is 2.38. The molecule has 0 aliphatic rings. The number of carbonyl (C=O) groups excluding carboxylic acids is 1. The first kappa shape index (κ1) is 24.7. The Kier molecular flexibility index (Phi) is 8.86. The van der Waals surface area contributed by atoms with Crippen LogP contribution in [0.25, 0.3) is 6.08 Å². The normalized spacial score (nSPS) is 10.9. The van der Waals surface area contributed by atoms with Crippen molar-refractivity contribution in [3.8, 4) is 17.6 Å². The van der Waals surface area contributed by atoms with Crippen LogP contribution in [-0.4, -0.2) is 12.5 Å². The third-order valence-electron chi connectivity index (χ3n) is 4.44. The molecule has 0 fully saturated rings. The Balaban J connectivity index is 1.85. The van der Waals surface area contributed by atoms with Crippen LogP contribution in [0, 0.1) is 20.7 Å². The van der Waals surface area contributed by atoms with Crippen LogP contribution in [0.3, 0.4) is 0 Å². The third kappa shape index (κ3) is 6.79. The van der Waals surface area contributed by atoms with Gasteiger partial charge < -0.3 is 14.8 Å². The maximum atomic E-state index is 13.9. The van der Waals surface area contributed by atoms with E-state index in [4.69, 9.17) is 9.47 Å². The number of benzene rings is 3. The monoisotopic (exact) mass is 620 g/mol. The van der Waals surface area contributed by atoms with Gasteiger partial charge in [0.15, 0.2) is 11.5 Å². The first-order valence-corrected chi connectivity index (χ1v) is 11.8. The van der Waals surface area contributed by atoms with Crippen LogP contribution in [0.2, 0.25) is 0 Å². The van der Waals surface area contributed by atoms with Gasteiger partial charge in [0.2, 0.25) is 0 Å². The molecule has 0 unspecified atom stereocenters. The number of anilines is 1. The van der Waals surface area contributed by atoms with Crippen LogP contribution in [0.4, 0.5) is 10.1 Å². The molecular weight excluding hydrogens is 602 g/mol. The van der Waals surface area contributed by atoms with Crippen LogP contribution in [0.15, 0.2) is 70.7 Å². The second-order valence-electron chi connectivity index (χ2n) is 6.77. The van der Waals surface area contributed by atoms with Crippen molar-refractivity contribution in [2.24, 2.45) is 0 Å². The standard InChI is InChI=1S/C25H19BrFIN2O3/c1-2-32-23-13-16(11-18(14-29)25(31)30-20-9-7-19(28)8-10-20)12-21(26)24(23)33-15-17-5-3-4-6-22(17)27/h3-13H,2,15H2,1H3,(H,30,31)/b18-11+. The highest BCUT2D eigenvalue weighted by molar-refractivity contribution is 14.1. The molecule has 3 rings (SSSR count). The van der Waals surface area contributed by atoms with Crippen molar-refractivity contribution in [2.75, 3.05) is 11.9 Å². The highest BCUT2D eigenvalue weighted by atomic mass is 127. The molecule has 0 bridgehead atoms. The van der Waals surface area contributed by atoms with Gasteiger partial charge in [-0.1, -0.05) is 18.2 Å². The Morgan fingerprint density at radius 2 is 1.91 bits per heavy atom. The predicted octanol–water partition coefficient (Wildman–Crippen LogP) is 6.72. The van der Waals surface area contributed by atoms with E-state index in [-0.39, 0.29) is 18.0 Å². The van der Waals surface area contributed by atoms with Gasteiger partial charge in [0.25, 0.3) is 5.91 Å². The maximum absolute atomic E-state index is 13.9. The molecule has 0 radical (unpaired) electrons. The molecule has 8 heteroatoms. The summed E-state index contributed by atoms with van der Waals surface area (Å²) in [7, 11) is 0. The number of ether oxygens (including phenoxy) is 2. The second kappa shape index (κ2) is 11.8. The summed E-state index contributed by atoms with van der Waals surface area (Å²) in [5.74, 6) is -0.0690. The predicted molar refractivity (Wildman–Crippen MR) is 137 cm³/mol. The molecular formula is C25H19BrFIN2O3. The fraction of sp³-hybridized carbons (Fsp3) is 0.120. The zero-order chi connectivity index (χ0) is 23.8. The van der Waals surface area contributed by atoms with E-state index in [9.17, 15) is 14.4 Å². The van der Waals surface area contributed by atoms with Crippen LogP contribution in [0.5, 0.6) is 11.5 Å². The van der Waals surface area contributed by atoms with Gasteiger partial charge in [-0.05, 0) is 99.5 Å². The van der Waals surface area contributed by atoms with Gasteiger partial charge in [-0.3, -0.25) is 4.79 Å². The Morgan fingerprint density at radius 1 is 1.18 bits per heavy atom. The quantitative estimate of drug-likeness (QED) is 0.172. The molecule has 0 saturated heterocycles. The van der Waals surface area contributed by atoms with E-state index < -0.39 is 5.91 Å². The number of halogens is 3. The van der Waals surface area contributed by atoms with Crippen molar-refractivity contribution in [2.45, 2.75) is 13.5 Å². The lowest BCUT2D eigenvalue weighted by molar-refractivity contribution is -0.112. The van der Waals surface area contributed by atoms with Crippen molar-refractivity contribution in [3.05, 3.63) is 91.2 Å². The van der Waals surface area contributed by atoms with Gasteiger partial charge in [-0.15, -0.1) is 0 Å². The number of hydrogen-bond acceptors (Lipinski definition) is 4. The molecule has 3 aromatic carbocycles. The van der Waals surface area contributed by atoms with Gasteiger partial charge in [0, 0.05) is 14.8 Å². The fourth-order valence-electron chi connectivity index (χ4n) is 2.89. The van der Waals surface area contributed by atoms with E-state index in [2.05, 4.69) is 43.8 Å². The average Bonchev–Trinajstić information content (AvgIpc) is 2.79. The first-order valence-electron chi connectivity index (χ1n) is 9.92. The molecule has 5 nitrogen and oxygen atoms in total. The summed E-state index contributed by atoms with van der Waals surface area (Å²) >= 11 is 5.63. The zero-order valence-electron chi connectivity index (χ0n) is 17.6. The van der Waals surface area contributed by atoms with E-state index in [1.165, 1.54) is 12.1 Å². The number of carbonyl (C=O) groups is 1. The van der Waals surface area contributed by atoms with Crippen molar-refractivity contribution in [1.29, 1.82) is 5.26 Å². The molecule has 1 N–H and O–H groups in total. The molecule has 33 heavy (non-hydrogen) atoms. The fourth-order valence-corrected chi connectivity index (χ4v) is 3.82. The molecule has 0 aliphatic carbocycles. The summed E-state index contributed by atoms with van der Waals surface area (Å²) in [5.41, 5.74) is 1.50. The van der Waals surface area contributed by atoms with Gasteiger partial charge in [0.05, 0.1) is 11.1 Å². The smallest absolute Gasteiger partial charge is 0.266 e. The molecule has 0 spiro atoms. The molecule has 0 heterocycles. The molecule has 0 aliphatic heterocycles. The largest absolute Gasteiger partial charge is 0.490 e. The number of hydrogen-bond donors (Lipinski definition) is 1. The summed E-state index contributed by atoms with van der Waals surface area (Å²) in [6.45, 7) is 2.21. The Bertz CT molecular complexity index is 1220. The number of rotatable bonds is 8. The van der Waals surface area contributed by atoms with Gasteiger partial charge in [-0.25, -0.2) is 4.39 Å². The molecule has 0 aromatic heterocycles. The lowest BCUT2D eigenvalue weighted by Gasteiger charge is -2.15. The van der Waals surface area contributed by atoms with E-state index in [1.54, 1.807) is 42.5 Å². The Morgan fingerprint density at radius 3 is 2.58 bits per heavy atom. The molecule has 1 amide bonds. The van der Waals surface area contributed by atoms with Crippen molar-refractivity contribution in [3.63, 3.8) is 0 Å². The lowest BCUT2D eigenvalue weighted by atomic mass is 10.1. The van der Waals surface area contributed by atoms with Crippen molar-refractivity contribution in [1.82, 2.24) is 0 Å². The Labute approximate surface area is 213 Å². The molecule has 168 valence electrons. The van der Waals surface area contributed by atoms with Crippen LogP contribution < -0.4 is 14.8 Å². The zero-order valence-corrected chi connectivity index (χ0v) is 21.3. The van der Waals surface area contributed by atoms with E-state index in [1.807, 2.05) is 25.1 Å². The summed E-state index contributed by atoms with van der Waals surface area (Å²) in [6, 6.07) is 18.9. The van der Waals surface area contributed by atoms with Crippen LogP contribution >= 0.6 is 38.5 Å². The number of nitrogens with zero attached hydrogens (tertiary/aromatic N) is 1. The van der Waals surface area contributed by atoms with E-state index in [0.717, 1.165) is 3.57 Å². The minimum Gasteiger partial charge on any atom is -0.490 e. The maximum Gasteiger partial charge on any atom is 0.266 e. The average molecular weight is 621 g/mol. The van der Waals surface area contributed by atoms with Gasteiger partial charge in [0.1, 0.15) is 24.1 Å². The summed E-state index contributed by atoms with van der Waals surface area (Å²) < 4.78 is 27.1. The SMILES string of the molecule is CCOc1cc(/C=C(\C#N)C(=O)Nc2ccc(I)cc2)cc(Br)c1OCc1ccccc1F. The third-order valence-corrected chi connectivity index (χ3v) is 5.75. The van der Waals surface area contributed by atoms with Crippen LogP contribution in [0.1, 0.15) is 18.1 Å². The number of nitrogens with one attached hydrogen (secondary N) is 1. The summed E-state index contributed by atoms with van der Waals surface area (Å²) in [4.78, 5) is 12.6. The summed E-state index contributed by atoms with van der Waals surface area (Å²) in [5, 5.41) is 12.2. The topological polar surface area (TPSA) is 71.3 Å². The minimum atomic E-state index is -0.521. The van der Waals surface area contributed by atoms with Gasteiger partial charge in [-0.2, -0.15) is 5.26 Å².